The summed E-state index contributed by atoms with van der Waals surface area (Å²) in [6.45, 7) is 0. The van der Waals surface area contributed by atoms with Gasteiger partial charge in [-0.05, 0) is 12.8 Å². The molecule has 0 atom stereocenters. The van der Waals surface area contributed by atoms with Crippen LogP contribution >= 0.6 is 0 Å². The van der Waals surface area contributed by atoms with Gasteiger partial charge in [0.1, 0.15) is 6.29 Å². The average Bonchev–Trinajstić information content (AvgIpc) is 2.20. The average molecular weight is 190 g/mol. The van der Waals surface area contributed by atoms with E-state index >= 15 is 0 Å². The fraction of sp³-hybridized carbons (Fsp3) is 0.889. The molecule has 0 aliphatic carbocycles. The number of rotatable bonds is 8. The largest absolute Gasteiger partial charge is 0.331 e. The highest BCUT2D eigenvalue weighted by Gasteiger charge is 2.28. The van der Waals surface area contributed by atoms with Gasteiger partial charge in [0.25, 0.3) is 5.97 Å². The van der Waals surface area contributed by atoms with Crippen molar-refractivity contribution in [1.82, 2.24) is 0 Å². The summed E-state index contributed by atoms with van der Waals surface area (Å²) >= 11 is 0. The smallest absolute Gasteiger partial charge is 0.282 e. The Bertz CT molecular complexity index is 123. The van der Waals surface area contributed by atoms with E-state index in [0.717, 1.165) is 19.1 Å². The number of ether oxygens (including phenoxy) is 3. The first-order valence-corrected chi connectivity index (χ1v) is 4.33. The molecule has 0 bridgehead atoms. The second-order valence-corrected chi connectivity index (χ2v) is 2.71. The standard InChI is InChI=1S/C9H18O4/c1-11-9(12-2,13-3)7-5-4-6-8-10/h8H,4-7H2,1-3H3. The van der Waals surface area contributed by atoms with Gasteiger partial charge in [-0.25, -0.2) is 0 Å². The summed E-state index contributed by atoms with van der Waals surface area (Å²) < 4.78 is 15.3. The van der Waals surface area contributed by atoms with Crippen molar-refractivity contribution in [2.75, 3.05) is 21.3 Å². The highest BCUT2D eigenvalue weighted by atomic mass is 16.9. The molecule has 0 saturated heterocycles. The minimum Gasteiger partial charge on any atom is -0.331 e. The summed E-state index contributed by atoms with van der Waals surface area (Å²) in [6.07, 6.45) is 3.79. The van der Waals surface area contributed by atoms with Crippen LogP contribution in [-0.2, 0) is 19.0 Å². The van der Waals surface area contributed by atoms with Gasteiger partial charge in [-0.2, -0.15) is 0 Å². The number of hydrogen-bond acceptors (Lipinski definition) is 4. The quantitative estimate of drug-likeness (QED) is 0.329. The van der Waals surface area contributed by atoms with Gasteiger partial charge in [-0.15, -0.1) is 0 Å². The molecule has 0 fully saturated rings. The Morgan fingerprint density at radius 1 is 1.08 bits per heavy atom. The number of unbranched alkanes of at least 4 members (excludes halogenated alkanes) is 2. The first-order valence-electron chi connectivity index (χ1n) is 4.33. The molecule has 4 nitrogen and oxygen atoms in total. The van der Waals surface area contributed by atoms with E-state index in [1.165, 1.54) is 21.3 Å². The van der Waals surface area contributed by atoms with E-state index < -0.39 is 5.97 Å². The second-order valence-electron chi connectivity index (χ2n) is 2.71. The van der Waals surface area contributed by atoms with Crippen LogP contribution in [0.5, 0.6) is 0 Å². The molecule has 0 spiro atoms. The van der Waals surface area contributed by atoms with Crippen LogP contribution in [0.2, 0.25) is 0 Å². The van der Waals surface area contributed by atoms with Crippen LogP contribution < -0.4 is 0 Å². The third-order valence-electron chi connectivity index (χ3n) is 1.99. The fourth-order valence-corrected chi connectivity index (χ4v) is 1.13. The lowest BCUT2D eigenvalue weighted by Crippen LogP contribution is -2.35. The Labute approximate surface area is 79.2 Å². The lowest BCUT2D eigenvalue weighted by Gasteiger charge is -2.28. The van der Waals surface area contributed by atoms with E-state index in [2.05, 4.69) is 0 Å². The molecule has 0 unspecified atom stereocenters. The molecule has 4 heteroatoms. The molecule has 0 aliphatic heterocycles. The predicted molar refractivity (Wildman–Crippen MR) is 48.3 cm³/mol. The monoisotopic (exact) mass is 190 g/mol. The minimum atomic E-state index is -0.942. The van der Waals surface area contributed by atoms with Crippen molar-refractivity contribution in [3.63, 3.8) is 0 Å². The topological polar surface area (TPSA) is 44.8 Å². The van der Waals surface area contributed by atoms with Crippen molar-refractivity contribution in [2.24, 2.45) is 0 Å². The summed E-state index contributed by atoms with van der Waals surface area (Å²) in [5, 5.41) is 0. The Morgan fingerprint density at radius 2 is 1.62 bits per heavy atom. The summed E-state index contributed by atoms with van der Waals surface area (Å²) in [6, 6.07) is 0. The predicted octanol–water partition coefficient (Wildman–Crippen LogP) is 1.34. The van der Waals surface area contributed by atoms with Crippen LogP contribution in [0.1, 0.15) is 25.7 Å². The maximum absolute atomic E-state index is 10.0. The molecule has 0 saturated carbocycles. The molecule has 0 aromatic heterocycles. The molecule has 0 aromatic rings. The molecule has 0 radical (unpaired) electrons. The molecule has 78 valence electrons. The van der Waals surface area contributed by atoms with Crippen LogP contribution in [0.3, 0.4) is 0 Å². The van der Waals surface area contributed by atoms with Crippen LogP contribution in [-0.4, -0.2) is 33.6 Å². The van der Waals surface area contributed by atoms with Crippen molar-refractivity contribution < 1.29 is 19.0 Å². The normalized spacial score (nSPS) is 11.6. The summed E-state index contributed by atoms with van der Waals surface area (Å²) in [7, 11) is 4.60. The van der Waals surface area contributed by atoms with Crippen LogP contribution in [0.25, 0.3) is 0 Å². The number of hydrogen-bond donors (Lipinski definition) is 0. The van der Waals surface area contributed by atoms with Crippen LogP contribution in [0, 0.1) is 0 Å². The van der Waals surface area contributed by atoms with Gasteiger partial charge in [0, 0.05) is 34.2 Å². The van der Waals surface area contributed by atoms with E-state index in [-0.39, 0.29) is 0 Å². The zero-order chi connectivity index (χ0) is 10.2. The number of aldehydes is 1. The van der Waals surface area contributed by atoms with Gasteiger partial charge in [0.15, 0.2) is 0 Å². The van der Waals surface area contributed by atoms with Gasteiger partial charge < -0.3 is 19.0 Å². The maximum Gasteiger partial charge on any atom is 0.282 e. The molecule has 0 aromatic carbocycles. The number of methoxy groups -OCH3 is 3. The Kier molecular flexibility index (Phi) is 6.76. The van der Waals surface area contributed by atoms with E-state index in [1.54, 1.807) is 0 Å². The van der Waals surface area contributed by atoms with E-state index in [1.807, 2.05) is 0 Å². The van der Waals surface area contributed by atoms with E-state index in [9.17, 15) is 4.79 Å². The summed E-state index contributed by atoms with van der Waals surface area (Å²) in [5.74, 6) is -0.942. The zero-order valence-corrected chi connectivity index (χ0v) is 8.54. The van der Waals surface area contributed by atoms with Crippen molar-refractivity contribution in [3.05, 3.63) is 0 Å². The van der Waals surface area contributed by atoms with Gasteiger partial charge >= 0.3 is 0 Å². The highest BCUT2D eigenvalue weighted by Crippen LogP contribution is 2.20. The fourth-order valence-electron chi connectivity index (χ4n) is 1.13. The zero-order valence-electron chi connectivity index (χ0n) is 8.54. The third-order valence-corrected chi connectivity index (χ3v) is 1.99. The first-order chi connectivity index (χ1) is 6.24. The van der Waals surface area contributed by atoms with E-state index in [0.29, 0.717) is 12.8 Å². The minimum absolute atomic E-state index is 0.577. The van der Waals surface area contributed by atoms with Crippen molar-refractivity contribution in [3.8, 4) is 0 Å². The van der Waals surface area contributed by atoms with Crippen molar-refractivity contribution in [1.29, 1.82) is 0 Å². The lowest BCUT2D eigenvalue weighted by atomic mass is 10.2. The lowest BCUT2D eigenvalue weighted by molar-refractivity contribution is -0.355. The molecule has 0 N–H and O–H groups in total. The third kappa shape index (κ3) is 4.36. The Morgan fingerprint density at radius 3 is 2.00 bits per heavy atom. The van der Waals surface area contributed by atoms with Crippen molar-refractivity contribution >= 4 is 6.29 Å². The van der Waals surface area contributed by atoms with Gasteiger partial charge in [-0.3, -0.25) is 0 Å². The van der Waals surface area contributed by atoms with Gasteiger partial charge in [0.2, 0.25) is 0 Å². The maximum atomic E-state index is 10.0. The molecule has 0 rings (SSSR count). The van der Waals surface area contributed by atoms with Gasteiger partial charge in [-0.1, -0.05) is 0 Å². The van der Waals surface area contributed by atoms with Crippen LogP contribution in [0.15, 0.2) is 0 Å². The first kappa shape index (κ1) is 12.6. The van der Waals surface area contributed by atoms with Crippen LogP contribution in [0.4, 0.5) is 0 Å². The molecule has 0 heterocycles. The Balaban J connectivity index is 3.74. The van der Waals surface area contributed by atoms with E-state index in [4.69, 9.17) is 14.2 Å². The number of carbonyl (C=O) groups is 1. The second kappa shape index (κ2) is 7.00. The molecular weight excluding hydrogens is 172 g/mol. The van der Waals surface area contributed by atoms with Gasteiger partial charge in [0.05, 0.1) is 0 Å². The number of carbonyl (C=O) groups excluding carboxylic acids is 1. The molecule has 0 amide bonds. The Hall–Kier alpha value is -0.450. The summed E-state index contributed by atoms with van der Waals surface area (Å²) in [4.78, 5) is 10.0. The summed E-state index contributed by atoms with van der Waals surface area (Å²) in [5.41, 5.74) is 0. The molecule has 13 heavy (non-hydrogen) atoms. The molecular formula is C9H18O4. The SMILES string of the molecule is COC(CCCCC=O)(OC)OC. The van der Waals surface area contributed by atoms with Crippen molar-refractivity contribution in [2.45, 2.75) is 31.7 Å². The molecule has 0 aliphatic rings. The highest BCUT2D eigenvalue weighted by molar-refractivity contribution is 5.48.